The zero-order chi connectivity index (χ0) is 9.14. The molecule has 1 aliphatic rings. The van der Waals surface area contributed by atoms with Gasteiger partial charge in [-0.2, -0.15) is 0 Å². The van der Waals surface area contributed by atoms with Crippen LogP contribution in [0, 0.1) is 5.92 Å². The first kappa shape index (κ1) is 9.56. The minimum atomic E-state index is 0.314. The van der Waals surface area contributed by atoms with Gasteiger partial charge in [0.1, 0.15) is 0 Å². The number of piperidine rings is 1. The van der Waals surface area contributed by atoms with Crippen molar-refractivity contribution in [3.8, 4) is 0 Å². The third-order valence-electron chi connectivity index (χ3n) is 3.00. The van der Waals surface area contributed by atoms with E-state index in [0.717, 1.165) is 6.54 Å². The van der Waals surface area contributed by atoms with E-state index in [9.17, 15) is 4.79 Å². The second kappa shape index (κ2) is 3.92. The van der Waals surface area contributed by atoms with Crippen LogP contribution in [0.4, 0.5) is 0 Å². The molecular weight excluding hydrogens is 150 g/mol. The predicted molar refractivity (Wildman–Crippen MR) is 49.9 cm³/mol. The average Bonchev–Trinajstić information content (AvgIpc) is 2.08. The lowest BCUT2D eigenvalue weighted by molar-refractivity contribution is -0.135. The topological polar surface area (TPSA) is 20.3 Å². The Balaban J connectivity index is 2.57. The highest BCUT2D eigenvalue weighted by Gasteiger charge is 2.26. The monoisotopic (exact) mass is 169 g/mol. The van der Waals surface area contributed by atoms with Crippen LogP contribution in [-0.4, -0.2) is 23.4 Å². The molecule has 2 nitrogen and oxygen atoms in total. The predicted octanol–water partition coefficient (Wildman–Crippen LogP) is 2.04. The molecule has 2 heteroatoms. The van der Waals surface area contributed by atoms with Crippen LogP contribution < -0.4 is 0 Å². The quantitative estimate of drug-likeness (QED) is 0.588. The number of rotatable bonds is 1. The Labute approximate surface area is 74.9 Å². The Kier molecular flexibility index (Phi) is 3.12. The average molecular weight is 169 g/mol. The van der Waals surface area contributed by atoms with Crippen molar-refractivity contribution in [1.29, 1.82) is 0 Å². The summed E-state index contributed by atoms with van der Waals surface area (Å²) in [5.74, 6) is 0.989. The van der Waals surface area contributed by atoms with Gasteiger partial charge >= 0.3 is 0 Å². The van der Waals surface area contributed by atoms with E-state index in [1.165, 1.54) is 12.8 Å². The second-order valence-electron chi connectivity index (χ2n) is 3.80. The third-order valence-corrected chi connectivity index (χ3v) is 3.00. The number of carbonyl (C=O) groups is 1. The summed E-state index contributed by atoms with van der Waals surface area (Å²) in [6, 6.07) is 0.450. The van der Waals surface area contributed by atoms with Crippen molar-refractivity contribution in [3.63, 3.8) is 0 Å². The van der Waals surface area contributed by atoms with E-state index < -0.39 is 0 Å². The van der Waals surface area contributed by atoms with Gasteiger partial charge in [0.15, 0.2) is 0 Å². The van der Waals surface area contributed by atoms with E-state index in [0.29, 0.717) is 24.3 Å². The molecule has 0 aromatic carbocycles. The van der Waals surface area contributed by atoms with Gasteiger partial charge in [-0.15, -0.1) is 0 Å². The van der Waals surface area contributed by atoms with E-state index >= 15 is 0 Å². The molecule has 0 bridgehead atoms. The summed E-state index contributed by atoms with van der Waals surface area (Å²) in [7, 11) is 0. The van der Waals surface area contributed by atoms with E-state index in [-0.39, 0.29) is 0 Å². The number of amides is 1. The summed E-state index contributed by atoms with van der Waals surface area (Å²) in [6.45, 7) is 7.31. The van der Waals surface area contributed by atoms with Crippen molar-refractivity contribution in [1.82, 2.24) is 4.90 Å². The first-order chi connectivity index (χ1) is 5.66. The van der Waals surface area contributed by atoms with E-state index in [1.807, 2.05) is 11.8 Å². The molecule has 1 heterocycles. The first-order valence-electron chi connectivity index (χ1n) is 4.96. The maximum atomic E-state index is 11.4. The van der Waals surface area contributed by atoms with Crippen molar-refractivity contribution < 1.29 is 4.79 Å². The molecule has 1 saturated heterocycles. The molecule has 0 saturated carbocycles. The highest BCUT2D eigenvalue weighted by Crippen LogP contribution is 2.23. The normalized spacial score (nSPS) is 30.4. The zero-order valence-corrected chi connectivity index (χ0v) is 8.34. The molecule has 0 radical (unpaired) electrons. The molecular formula is C10H19NO. The summed E-state index contributed by atoms with van der Waals surface area (Å²) in [5.41, 5.74) is 0. The summed E-state index contributed by atoms with van der Waals surface area (Å²) < 4.78 is 0. The van der Waals surface area contributed by atoms with Crippen LogP contribution in [0.3, 0.4) is 0 Å². The van der Waals surface area contributed by atoms with Gasteiger partial charge in [0, 0.05) is 19.0 Å². The molecule has 2 atom stereocenters. The number of carbonyl (C=O) groups excluding carboxylic acids is 1. The third kappa shape index (κ3) is 1.79. The standard InChI is InChI=1S/C10H19NO/c1-4-10(12)11-7-5-6-8(2)9(11)3/h8-9H,4-7H2,1-3H3. The van der Waals surface area contributed by atoms with Gasteiger partial charge < -0.3 is 4.90 Å². The van der Waals surface area contributed by atoms with Crippen LogP contribution in [0.15, 0.2) is 0 Å². The Morgan fingerprint density at radius 1 is 1.50 bits per heavy atom. The minimum absolute atomic E-state index is 0.314. The fraction of sp³-hybridized carbons (Fsp3) is 0.900. The second-order valence-corrected chi connectivity index (χ2v) is 3.80. The van der Waals surface area contributed by atoms with Crippen LogP contribution in [0.1, 0.15) is 40.0 Å². The largest absolute Gasteiger partial charge is 0.340 e. The summed E-state index contributed by atoms with van der Waals surface area (Å²) in [6.07, 6.45) is 3.10. The SMILES string of the molecule is CCC(=O)N1CCCC(C)C1C. The molecule has 2 unspecified atom stereocenters. The van der Waals surface area contributed by atoms with Gasteiger partial charge in [0.05, 0.1) is 0 Å². The lowest BCUT2D eigenvalue weighted by Gasteiger charge is -2.37. The zero-order valence-electron chi connectivity index (χ0n) is 8.34. The number of hydrogen-bond acceptors (Lipinski definition) is 1. The molecule has 0 aromatic heterocycles. The van der Waals surface area contributed by atoms with Crippen LogP contribution in [0.2, 0.25) is 0 Å². The molecule has 1 fully saturated rings. The van der Waals surface area contributed by atoms with Crippen LogP contribution >= 0.6 is 0 Å². The number of hydrogen-bond donors (Lipinski definition) is 0. The molecule has 1 aliphatic heterocycles. The summed E-state index contributed by atoms with van der Waals surface area (Å²) >= 11 is 0. The molecule has 0 aromatic rings. The van der Waals surface area contributed by atoms with Crippen LogP contribution in [0.25, 0.3) is 0 Å². The molecule has 1 rings (SSSR count). The fourth-order valence-corrected chi connectivity index (χ4v) is 1.89. The highest BCUT2D eigenvalue weighted by molar-refractivity contribution is 5.76. The smallest absolute Gasteiger partial charge is 0.222 e. The first-order valence-corrected chi connectivity index (χ1v) is 4.96. The fourth-order valence-electron chi connectivity index (χ4n) is 1.89. The maximum absolute atomic E-state index is 11.4. The highest BCUT2D eigenvalue weighted by atomic mass is 16.2. The number of likely N-dealkylation sites (tertiary alicyclic amines) is 1. The van der Waals surface area contributed by atoms with Crippen molar-refractivity contribution in [3.05, 3.63) is 0 Å². The van der Waals surface area contributed by atoms with Crippen LogP contribution in [-0.2, 0) is 4.79 Å². The van der Waals surface area contributed by atoms with Crippen molar-refractivity contribution in [2.24, 2.45) is 5.92 Å². The lowest BCUT2D eigenvalue weighted by atomic mass is 9.92. The van der Waals surface area contributed by atoms with E-state index in [1.54, 1.807) is 0 Å². The lowest BCUT2D eigenvalue weighted by Crippen LogP contribution is -2.45. The van der Waals surface area contributed by atoms with Crippen molar-refractivity contribution in [2.75, 3.05) is 6.54 Å². The van der Waals surface area contributed by atoms with E-state index in [4.69, 9.17) is 0 Å². The molecule has 0 aliphatic carbocycles. The van der Waals surface area contributed by atoms with Crippen molar-refractivity contribution >= 4 is 5.91 Å². The Morgan fingerprint density at radius 2 is 2.17 bits per heavy atom. The van der Waals surface area contributed by atoms with Gasteiger partial charge in [0.2, 0.25) is 5.91 Å². The Bertz CT molecular complexity index is 167. The summed E-state index contributed by atoms with van der Waals surface area (Å²) in [5, 5.41) is 0. The summed E-state index contributed by atoms with van der Waals surface area (Å²) in [4.78, 5) is 13.5. The molecule has 70 valence electrons. The molecule has 1 amide bonds. The minimum Gasteiger partial charge on any atom is -0.340 e. The maximum Gasteiger partial charge on any atom is 0.222 e. The Hall–Kier alpha value is -0.530. The number of nitrogens with zero attached hydrogens (tertiary/aromatic N) is 1. The van der Waals surface area contributed by atoms with Gasteiger partial charge in [-0.25, -0.2) is 0 Å². The van der Waals surface area contributed by atoms with Gasteiger partial charge in [-0.1, -0.05) is 13.8 Å². The molecule has 12 heavy (non-hydrogen) atoms. The molecule has 0 N–H and O–H groups in total. The van der Waals surface area contributed by atoms with Gasteiger partial charge in [0.25, 0.3) is 0 Å². The Morgan fingerprint density at radius 3 is 2.75 bits per heavy atom. The van der Waals surface area contributed by atoms with E-state index in [2.05, 4.69) is 13.8 Å². The van der Waals surface area contributed by atoms with Gasteiger partial charge in [-0.05, 0) is 25.7 Å². The van der Waals surface area contributed by atoms with Crippen molar-refractivity contribution in [2.45, 2.75) is 46.1 Å². The van der Waals surface area contributed by atoms with Crippen LogP contribution in [0.5, 0.6) is 0 Å². The molecule has 0 spiro atoms. The van der Waals surface area contributed by atoms with Gasteiger partial charge in [-0.3, -0.25) is 4.79 Å².